The van der Waals surface area contributed by atoms with E-state index in [-0.39, 0.29) is 22.1 Å². The number of nitrogens with one attached hydrogen (secondary N) is 1. The molecule has 0 bridgehead atoms. The van der Waals surface area contributed by atoms with Gasteiger partial charge in [-0.3, -0.25) is 9.10 Å². The molecule has 3 rings (SSSR count). The van der Waals surface area contributed by atoms with Gasteiger partial charge in [0.05, 0.1) is 50.9 Å². The second-order valence-electron chi connectivity index (χ2n) is 8.46. The maximum atomic E-state index is 13.9. The highest BCUT2D eigenvalue weighted by molar-refractivity contribution is 9.10. The maximum Gasteiger partial charge on any atom is 0.265 e. The molecule has 1 amide bonds. The van der Waals surface area contributed by atoms with Crippen LogP contribution >= 0.6 is 15.9 Å². The van der Waals surface area contributed by atoms with Crippen LogP contribution in [0.2, 0.25) is 0 Å². The third-order valence-corrected chi connectivity index (χ3v) is 8.13. The minimum atomic E-state index is -4.32. The van der Waals surface area contributed by atoms with Crippen molar-refractivity contribution in [2.45, 2.75) is 4.90 Å². The third kappa shape index (κ3) is 6.96. The molecule has 0 heterocycles. The fourth-order valence-electron chi connectivity index (χ4n) is 3.71. The van der Waals surface area contributed by atoms with Crippen LogP contribution in [0.15, 0.2) is 69.1 Å². The van der Waals surface area contributed by atoms with Gasteiger partial charge in [-0.2, -0.15) is 5.10 Å². The Kier molecular flexibility index (Phi) is 10.2. The number of hydrogen-bond acceptors (Lipinski definition) is 9. The number of amides is 1. The minimum absolute atomic E-state index is 0.0963. The van der Waals surface area contributed by atoms with Gasteiger partial charge in [0.15, 0.2) is 11.5 Å². The van der Waals surface area contributed by atoms with Gasteiger partial charge < -0.3 is 23.8 Å². The van der Waals surface area contributed by atoms with E-state index in [1.54, 1.807) is 12.1 Å². The molecule has 0 aromatic heterocycles. The topological polar surface area (TPSA) is 119 Å². The van der Waals surface area contributed by atoms with Crippen molar-refractivity contribution < 1.29 is 32.2 Å². The largest absolute Gasteiger partial charge is 0.497 e. The molecular weight excluding hydrogens is 604 g/mol. The Hall–Kier alpha value is -3.97. The molecule has 0 radical (unpaired) electrons. The molecule has 0 unspecified atom stereocenters. The van der Waals surface area contributed by atoms with Crippen LogP contribution in [0.3, 0.4) is 0 Å². The summed E-state index contributed by atoms with van der Waals surface area (Å²) in [7, 11) is 5.22. The summed E-state index contributed by atoms with van der Waals surface area (Å²) in [6.45, 7) is -0.610. The summed E-state index contributed by atoms with van der Waals surface area (Å²) in [5.41, 5.74) is 4.20. The molecule has 11 nitrogen and oxygen atoms in total. The lowest BCUT2D eigenvalue weighted by atomic mass is 10.2. The highest BCUT2D eigenvalue weighted by Crippen LogP contribution is 2.37. The lowest BCUT2D eigenvalue weighted by molar-refractivity contribution is -0.119. The molecule has 0 aliphatic rings. The van der Waals surface area contributed by atoms with Crippen molar-refractivity contribution in [3.05, 3.63) is 64.6 Å². The van der Waals surface area contributed by atoms with Gasteiger partial charge in [0, 0.05) is 30.7 Å². The number of hydrazone groups is 1. The van der Waals surface area contributed by atoms with Crippen molar-refractivity contribution >= 4 is 49.4 Å². The first-order valence-electron chi connectivity index (χ1n) is 11.8. The molecule has 13 heteroatoms. The fourth-order valence-corrected chi connectivity index (χ4v) is 5.90. The number of carbonyl (C=O) groups is 1. The summed E-state index contributed by atoms with van der Waals surface area (Å²) in [6.07, 6.45) is 1.46. The Morgan fingerprint density at radius 3 is 2.15 bits per heavy atom. The summed E-state index contributed by atoms with van der Waals surface area (Å²) in [5.74, 6) is 0.459. The highest BCUT2D eigenvalue weighted by atomic mass is 79.9. The molecule has 0 atom stereocenters. The van der Waals surface area contributed by atoms with E-state index in [0.717, 1.165) is 20.0 Å². The van der Waals surface area contributed by atoms with Crippen molar-refractivity contribution in [3.63, 3.8) is 0 Å². The van der Waals surface area contributed by atoms with E-state index >= 15 is 0 Å². The first kappa shape index (κ1) is 30.6. The van der Waals surface area contributed by atoms with Gasteiger partial charge in [-0.1, -0.05) is 6.07 Å². The predicted molar refractivity (Wildman–Crippen MR) is 158 cm³/mol. The Morgan fingerprint density at radius 1 is 0.875 bits per heavy atom. The van der Waals surface area contributed by atoms with Crippen molar-refractivity contribution in [3.8, 4) is 23.0 Å². The molecule has 0 saturated carbocycles. The molecule has 214 valence electrons. The zero-order valence-corrected chi connectivity index (χ0v) is 25.4. The molecule has 3 aromatic carbocycles. The molecule has 0 fully saturated rings. The number of carbonyl (C=O) groups excluding carboxylic acids is 1. The zero-order valence-electron chi connectivity index (χ0n) is 23.0. The number of benzene rings is 3. The molecule has 0 spiro atoms. The van der Waals surface area contributed by atoms with Crippen LogP contribution in [0.1, 0.15) is 5.56 Å². The lowest BCUT2D eigenvalue weighted by Gasteiger charge is -2.26. The number of halogens is 1. The Morgan fingerprint density at radius 2 is 1.55 bits per heavy atom. The zero-order chi connectivity index (χ0) is 29.4. The van der Waals surface area contributed by atoms with Gasteiger partial charge in [0.1, 0.15) is 18.0 Å². The van der Waals surface area contributed by atoms with Crippen LogP contribution < -0.4 is 33.6 Å². The quantitative estimate of drug-likeness (QED) is 0.235. The van der Waals surface area contributed by atoms with Gasteiger partial charge in [-0.05, 0) is 57.9 Å². The average molecular weight is 636 g/mol. The lowest BCUT2D eigenvalue weighted by Crippen LogP contribution is -2.39. The van der Waals surface area contributed by atoms with Gasteiger partial charge in [-0.15, -0.1) is 0 Å². The second kappa shape index (κ2) is 13.4. The van der Waals surface area contributed by atoms with Gasteiger partial charge in [0.2, 0.25) is 0 Å². The molecule has 3 aromatic rings. The SMILES string of the molecule is COc1ccc(OC)c(N(CC(=O)N/N=C\c2ccc(N(C)C)c(Br)c2)S(=O)(=O)c2ccc(OC)c(OC)c2)c1. The molecule has 0 aliphatic carbocycles. The fraction of sp³-hybridized carbons (Fsp3) is 0.259. The smallest absolute Gasteiger partial charge is 0.265 e. The summed E-state index contributed by atoms with van der Waals surface area (Å²) in [6, 6.07) is 14.4. The number of sulfonamides is 1. The van der Waals surface area contributed by atoms with Gasteiger partial charge >= 0.3 is 0 Å². The molecule has 40 heavy (non-hydrogen) atoms. The summed E-state index contributed by atoms with van der Waals surface area (Å²) >= 11 is 3.51. The van der Waals surface area contributed by atoms with Crippen LogP contribution in [0.25, 0.3) is 0 Å². The normalized spacial score (nSPS) is 11.2. The van der Waals surface area contributed by atoms with Crippen LogP contribution in [0, 0.1) is 0 Å². The summed E-state index contributed by atoms with van der Waals surface area (Å²) in [4.78, 5) is 14.8. The van der Waals surface area contributed by atoms with Crippen LogP contribution in [-0.4, -0.2) is 69.6 Å². The van der Waals surface area contributed by atoms with Crippen LogP contribution in [0.5, 0.6) is 23.0 Å². The van der Waals surface area contributed by atoms with E-state index in [4.69, 9.17) is 18.9 Å². The van der Waals surface area contributed by atoms with Crippen molar-refractivity contribution in [2.75, 3.05) is 58.3 Å². The van der Waals surface area contributed by atoms with Crippen molar-refractivity contribution in [2.24, 2.45) is 5.10 Å². The average Bonchev–Trinajstić information content (AvgIpc) is 2.94. The van der Waals surface area contributed by atoms with E-state index in [1.165, 1.54) is 58.9 Å². The van der Waals surface area contributed by atoms with E-state index < -0.39 is 22.5 Å². The maximum absolute atomic E-state index is 13.9. The molecule has 1 N–H and O–H groups in total. The van der Waals surface area contributed by atoms with Crippen molar-refractivity contribution in [1.82, 2.24) is 5.43 Å². The monoisotopic (exact) mass is 634 g/mol. The van der Waals surface area contributed by atoms with E-state index in [0.29, 0.717) is 11.5 Å². The predicted octanol–water partition coefficient (Wildman–Crippen LogP) is 3.90. The van der Waals surface area contributed by atoms with Crippen LogP contribution in [0.4, 0.5) is 11.4 Å². The Bertz CT molecular complexity index is 1500. The van der Waals surface area contributed by atoms with Gasteiger partial charge in [0.25, 0.3) is 15.9 Å². The first-order valence-corrected chi connectivity index (χ1v) is 14.0. The third-order valence-electron chi connectivity index (χ3n) is 5.74. The summed E-state index contributed by atoms with van der Waals surface area (Å²) < 4.78 is 50.9. The number of ether oxygens (including phenoxy) is 4. The molecule has 0 saturated heterocycles. The standard InChI is InChI=1S/C27H31BrN4O7S/c1-31(2)22-10-7-18(13-21(22)28)16-29-30-27(33)17-32(23-14-19(36-3)8-11-24(23)37-4)40(34,35)20-9-12-25(38-5)26(15-20)39-6/h7-16H,17H2,1-6H3,(H,30,33)/b29-16-. The number of hydrogen-bond donors (Lipinski definition) is 1. The Labute approximate surface area is 242 Å². The van der Waals surface area contributed by atoms with E-state index in [1.807, 2.05) is 37.2 Å². The summed E-state index contributed by atoms with van der Waals surface area (Å²) in [5, 5.41) is 4.01. The Balaban J connectivity index is 1.97. The number of anilines is 2. The second-order valence-corrected chi connectivity index (χ2v) is 11.2. The molecular formula is C27H31BrN4O7S. The van der Waals surface area contributed by atoms with Crippen molar-refractivity contribution in [1.29, 1.82) is 0 Å². The van der Waals surface area contributed by atoms with E-state index in [2.05, 4.69) is 26.5 Å². The van der Waals surface area contributed by atoms with Crippen LogP contribution in [-0.2, 0) is 14.8 Å². The highest BCUT2D eigenvalue weighted by Gasteiger charge is 2.31. The number of nitrogens with zero attached hydrogens (tertiary/aromatic N) is 3. The minimum Gasteiger partial charge on any atom is -0.497 e. The van der Waals surface area contributed by atoms with E-state index in [9.17, 15) is 13.2 Å². The number of methoxy groups -OCH3 is 4. The van der Waals surface area contributed by atoms with Gasteiger partial charge in [-0.25, -0.2) is 13.8 Å². The molecule has 0 aliphatic heterocycles. The first-order chi connectivity index (χ1) is 19.0. The number of rotatable bonds is 12.